The summed E-state index contributed by atoms with van der Waals surface area (Å²) in [6, 6.07) is 9.78. The monoisotopic (exact) mass is 480 g/mol. The molecule has 0 N–H and O–H groups in total. The van der Waals surface area contributed by atoms with E-state index in [1.54, 1.807) is 0 Å². The third-order valence-electron chi connectivity index (χ3n) is 6.45. The van der Waals surface area contributed by atoms with E-state index < -0.39 is 11.7 Å². The van der Waals surface area contributed by atoms with Crippen molar-refractivity contribution in [1.82, 2.24) is 0 Å². The minimum absolute atomic E-state index is 0.0675. The van der Waals surface area contributed by atoms with Gasteiger partial charge in [-0.25, -0.2) is 0 Å². The minimum Gasteiger partial charge on any atom is -0.461 e. The number of Topliss-reactive ketones (excluding diaryl/α,β-unsaturated/α-hetero) is 2. The zero-order chi connectivity index (χ0) is 25.4. The minimum atomic E-state index is -3.18. The number of alkyl halides is 2. The van der Waals surface area contributed by atoms with Crippen LogP contribution in [0.25, 0.3) is 0 Å². The number of carbonyl (C=O) groups excluding carboxylic acids is 3. The third-order valence-corrected chi connectivity index (χ3v) is 6.45. The van der Waals surface area contributed by atoms with Gasteiger partial charge >= 0.3 is 11.9 Å². The van der Waals surface area contributed by atoms with Gasteiger partial charge in [-0.1, -0.05) is 76.8 Å². The van der Waals surface area contributed by atoms with Gasteiger partial charge < -0.3 is 4.74 Å². The van der Waals surface area contributed by atoms with E-state index in [2.05, 4.69) is 6.92 Å². The Balaban J connectivity index is 0.000000342. The highest BCUT2D eigenvalue weighted by atomic mass is 19.3. The maximum atomic E-state index is 13.4. The predicted molar refractivity (Wildman–Crippen MR) is 131 cm³/mol. The molecule has 0 heterocycles. The number of benzene rings is 1. The van der Waals surface area contributed by atoms with Gasteiger partial charge in [-0.2, -0.15) is 8.78 Å². The maximum absolute atomic E-state index is 13.4. The smallest absolute Gasteiger partial charge is 0.306 e. The van der Waals surface area contributed by atoms with Gasteiger partial charge in [0.2, 0.25) is 5.78 Å². The van der Waals surface area contributed by atoms with E-state index in [4.69, 9.17) is 4.74 Å². The summed E-state index contributed by atoms with van der Waals surface area (Å²) < 4.78 is 32.0. The highest BCUT2D eigenvalue weighted by Gasteiger charge is 2.38. The van der Waals surface area contributed by atoms with Gasteiger partial charge in [0.25, 0.3) is 0 Å². The summed E-state index contributed by atoms with van der Waals surface area (Å²) in [5.41, 5.74) is 1.05. The number of esters is 1. The van der Waals surface area contributed by atoms with Crippen LogP contribution in [0, 0.1) is 11.8 Å². The van der Waals surface area contributed by atoms with Crippen molar-refractivity contribution in [2.45, 2.75) is 110 Å². The Labute approximate surface area is 203 Å². The van der Waals surface area contributed by atoms with Crippen LogP contribution >= 0.6 is 0 Å². The molecular weight excluding hydrogens is 438 g/mol. The summed E-state index contributed by atoms with van der Waals surface area (Å²) in [5, 5.41) is 0. The molecule has 192 valence electrons. The number of halogens is 2. The second kappa shape index (κ2) is 16.5. The van der Waals surface area contributed by atoms with Crippen molar-refractivity contribution in [2.24, 2.45) is 11.8 Å². The molecule has 2 rings (SSSR count). The van der Waals surface area contributed by atoms with Crippen LogP contribution in [0.5, 0.6) is 0 Å². The first-order chi connectivity index (χ1) is 16.2. The summed E-state index contributed by atoms with van der Waals surface area (Å²) in [4.78, 5) is 34.2. The summed E-state index contributed by atoms with van der Waals surface area (Å²) in [5.74, 6) is -3.97. The number of hydrogen-bond donors (Lipinski definition) is 0. The first kappa shape index (κ1) is 29.9. The molecule has 4 nitrogen and oxygen atoms in total. The Hall–Kier alpha value is -2.11. The molecular formula is C28H42F2O4. The number of ether oxygens (including phenoxy) is 1. The first-order valence-corrected chi connectivity index (χ1v) is 12.8. The fourth-order valence-electron chi connectivity index (χ4n) is 4.01. The molecule has 1 saturated carbocycles. The first-order valence-electron chi connectivity index (χ1n) is 12.8. The van der Waals surface area contributed by atoms with Gasteiger partial charge in [0.1, 0.15) is 12.4 Å². The molecule has 0 amide bonds. The van der Waals surface area contributed by atoms with Crippen molar-refractivity contribution >= 4 is 17.5 Å². The Morgan fingerprint density at radius 2 is 1.68 bits per heavy atom. The van der Waals surface area contributed by atoms with Crippen molar-refractivity contribution < 1.29 is 27.9 Å². The number of unbranched alkanes of at least 4 members (excludes halogenated alkanes) is 4. The van der Waals surface area contributed by atoms with E-state index in [-0.39, 0.29) is 36.4 Å². The zero-order valence-electron chi connectivity index (χ0n) is 21.1. The van der Waals surface area contributed by atoms with Gasteiger partial charge in [-0.05, 0) is 37.2 Å². The van der Waals surface area contributed by atoms with Gasteiger partial charge in [-0.3, -0.25) is 14.4 Å². The zero-order valence-corrected chi connectivity index (χ0v) is 21.1. The highest BCUT2D eigenvalue weighted by molar-refractivity contribution is 5.86. The fraction of sp³-hybridized carbons (Fsp3) is 0.679. The Bertz CT molecular complexity index is 733. The van der Waals surface area contributed by atoms with Crippen LogP contribution in [0.15, 0.2) is 30.3 Å². The summed E-state index contributed by atoms with van der Waals surface area (Å²) >= 11 is 0. The molecule has 1 aromatic carbocycles. The van der Waals surface area contributed by atoms with Crippen LogP contribution in [0.4, 0.5) is 8.78 Å². The van der Waals surface area contributed by atoms with E-state index in [1.165, 1.54) is 12.8 Å². The number of hydrogen-bond acceptors (Lipinski definition) is 4. The second-order valence-corrected chi connectivity index (χ2v) is 9.28. The van der Waals surface area contributed by atoms with Crippen LogP contribution in [-0.2, 0) is 25.7 Å². The lowest BCUT2D eigenvalue weighted by Gasteiger charge is -2.17. The van der Waals surface area contributed by atoms with E-state index >= 15 is 0 Å². The van der Waals surface area contributed by atoms with Crippen molar-refractivity contribution in [3.8, 4) is 0 Å². The molecule has 0 radical (unpaired) electrons. The third kappa shape index (κ3) is 11.8. The number of carbonyl (C=O) groups is 3. The quantitative estimate of drug-likeness (QED) is 0.205. The second-order valence-electron chi connectivity index (χ2n) is 9.28. The lowest BCUT2D eigenvalue weighted by molar-refractivity contribution is -0.145. The largest absolute Gasteiger partial charge is 0.461 e. The number of rotatable bonds is 14. The Morgan fingerprint density at radius 3 is 2.26 bits per heavy atom. The van der Waals surface area contributed by atoms with Crippen molar-refractivity contribution in [2.75, 3.05) is 0 Å². The molecule has 2 atom stereocenters. The molecule has 34 heavy (non-hydrogen) atoms. The molecule has 0 bridgehead atoms. The fourth-order valence-corrected chi connectivity index (χ4v) is 4.01. The van der Waals surface area contributed by atoms with Crippen LogP contribution in [0.1, 0.15) is 103 Å². The normalized spacial score (nSPS) is 17.7. The molecule has 1 aliphatic rings. The average molecular weight is 481 g/mol. The van der Waals surface area contributed by atoms with Gasteiger partial charge in [0.15, 0.2) is 0 Å². The molecule has 1 aromatic rings. The molecule has 0 saturated heterocycles. The van der Waals surface area contributed by atoms with Crippen LogP contribution in [-0.4, -0.2) is 23.5 Å². The van der Waals surface area contributed by atoms with E-state index in [1.807, 2.05) is 44.2 Å². The molecule has 1 fully saturated rings. The van der Waals surface area contributed by atoms with Crippen molar-refractivity contribution in [1.29, 1.82) is 0 Å². The van der Waals surface area contributed by atoms with Crippen molar-refractivity contribution in [3.63, 3.8) is 0 Å². The molecule has 2 unspecified atom stereocenters. The summed E-state index contributed by atoms with van der Waals surface area (Å²) in [6.07, 6.45) is 7.30. The lowest BCUT2D eigenvalue weighted by atomic mass is 9.90. The molecule has 0 spiro atoms. The Morgan fingerprint density at radius 1 is 1.00 bits per heavy atom. The van der Waals surface area contributed by atoms with Gasteiger partial charge in [-0.15, -0.1) is 0 Å². The van der Waals surface area contributed by atoms with Gasteiger partial charge in [0.05, 0.1) is 0 Å². The summed E-state index contributed by atoms with van der Waals surface area (Å²) in [7, 11) is 0. The average Bonchev–Trinajstić information content (AvgIpc) is 3.16. The number of ketones is 2. The van der Waals surface area contributed by atoms with Crippen molar-refractivity contribution in [3.05, 3.63) is 35.9 Å². The standard InChI is InChI=1S/C14H22F2O2.C14H20O2/c1-3-4-9-14(15,16)13(18)8-6-11-5-7-12(17)10(11)2;1-2-3-4-8-11-14(15)16-12-13-9-6-5-7-10-13/h10-11H,3-9H2,1-2H3;5-7,9-10H,2-4,8,11-12H2,1H3. The lowest BCUT2D eigenvalue weighted by Crippen LogP contribution is -2.29. The Kier molecular flexibility index (Phi) is 14.5. The van der Waals surface area contributed by atoms with Crippen LogP contribution in [0.3, 0.4) is 0 Å². The SMILES string of the molecule is CCCCC(F)(F)C(=O)CCC1CCC(=O)C1C.CCCCCCC(=O)OCc1ccccc1. The topological polar surface area (TPSA) is 60.4 Å². The molecule has 1 aliphatic carbocycles. The van der Waals surface area contributed by atoms with Crippen LogP contribution < -0.4 is 0 Å². The van der Waals surface area contributed by atoms with Gasteiger partial charge in [0, 0.05) is 31.6 Å². The molecule has 6 heteroatoms. The molecule has 0 aromatic heterocycles. The van der Waals surface area contributed by atoms with E-state index in [9.17, 15) is 23.2 Å². The predicted octanol–water partition coefficient (Wildman–Crippen LogP) is 7.48. The highest BCUT2D eigenvalue weighted by Crippen LogP contribution is 2.33. The van der Waals surface area contributed by atoms with Crippen LogP contribution in [0.2, 0.25) is 0 Å². The summed E-state index contributed by atoms with van der Waals surface area (Å²) in [6.45, 7) is 6.22. The van der Waals surface area contributed by atoms with E-state index in [0.29, 0.717) is 38.7 Å². The molecule has 0 aliphatic heterocycles. The van der Waals surface area contributed by atoms with E-state index in [0.717, 1.165) is 24.8 Å². The maximum Gasteiger partial charge on any atom is 0.306 e.